The van der Waals surface area contributed by atoms with Crippen LogP contribution in [0.3, 0.4) is 0 Å². The maximum absolute atomic E-state index is 12.5. The van der Waals surface area contributed by atoms with Gasteiger partial charge < -0.3 is 10.1 Å². The second kappa shape index (κ2) is 8.22. The Balaban J connectivity index is 2.56. The van der Waals surface area contributed by atoms with Gasteiger partial charge in [-0.05, 0) is 35.3 Å². The van der Waals surface area contributed by atoms with Crippen LogP contribution < -0.4 is 10.6 Å². The normalized spacial score (nSPS) is 11.4. The first-order valence-electron chi connectivity index (χ1n) is 7.49. The lowest BCUT2D eigenvalue weighted by Crippen LogP contribution is -2.41. The fraction of sp³-hybridized carbons (Fsp3) is 0.333. The van der Waals surface area contributed by atoms with Crippen LogP contribution in [-0.2, 0) is 16.6 Å². The highest BCUT2D eigenvalue weighted by atomic mass is 79.9. The molecule has 0 radical (unpaired) electrons. The molecule has 0 aliphatic rings. The second-order valence-electron chi connectivity index (χ2n) is 5.38. The first-order valence-corrected chi connectivity index (χ1v) is 9.41. The molecule has 3 amide bonds. The third kappa shape index (κ3) is 4.66. The summed E-state index contributed by atoms with van der Waals surface area (Å²) >= 11 is 19.7. The lowest BCUT2D eigenvalue weighted by Gasteiger charge is -2.17. The van der Waals surface area contributed by atoms with Crippen molar-refractivity contribution in [3.63, 3.8) is 0 Å². The molecule has 0 bridgehead atoms. The van der Waals surface area contributed by atoms with E-state index in [1.165, 1.54) is 4.68 Å². The van der Waals surface area contributed by atoms with Crippen LogP contribution in [0, 0.1) is 6.92 Å². The lowest BCUT2D eigenvalue weighted by atomic mass is 10.0. The summed E-state index contributed by atoms with van der Waals surface area (Å²) in [5.74, 6) is -1.80. The third-order valence-electron chi connectivity index (χ3n) is 3.46. The summed E-state index contributed by atoms with van der Waals surface area (Å²) in [6, 6.07) is -0.977. The Kier molecular flexibility index (Phi) is 6.62. The van der Waals surface area contributed by atoms with Gasteiger partial charge in [0.2, 0.25) is 0 Å². The number of anilines is 1. The maximum Gasteiger partial charge on any atom is 0.341 e. The Morgan fingerprint density at radius 3 is 2.52 bits per heavy atom. The van der Waals surface area contributed by atoms with E-state index in [4.69, 9.17) is 39.5 Å². The predicted molar refractivity (Wildman–Crippen MR) is 107 cm³/mol. The van der Waals surface area contributed by atoms with Crippen molar-refractivity contribution in [3.05, 3.63) is 21.8 Å². The van der Waals surface area contributed by atoms with Gasteiger partial charge in [0, 0.05) is 18.6 Å². The second-order valence-corrected chi connectivity index (χ2v) is 8.45. The van der Waals surface area contributed by atoms with Gasteiger partial charge in [-0.25, -0.2) is 9.59 Å². The molecule has 0 unspecified atom stereocenters. The van der Waals surface area contributed by atoms with Gasteiger partial charge in [-0.3, -0.25) is 14.8 Å². The van der Waals surface area contributed by atoms with Crippen molar-refractivity contribution in [1.82, 2.24) is 15.1 Å². The molecule has 0 saturated heterocycles. The zero-order valence-electron chi connectivity index (χ0n) is 14.3. The number of imide groups is 1. The van der Waals surface area contributed by atoms with Crippen molar-refractivity contribution in [2.45, 2.75) is 17.6 Å². The van der Waals surface area contributed by atoms with Crippen LogP contribution >= 0.6 is 50.7 Å². The number of benzene rings is 1. The number of hydrogen-bond donors (Lipinski definition) is 2. The smallest absolute Gasteiger partial charge is 0.341 e. The van der Waals surface area contributed by atoms with Crippen molar-refractivity contribution >= 4 is 85.2 Å². The summed E-state index contributed by atoms with van der Waals surface area (Å²) in [5.41, 5.74) is 1.25. The number of aromatic nitrogens is 2. The number of alkyl halides is 3. The predicted octanol–water partition coefficient (Wildman–Crippen LogP) is 3.84. The Morgan fingerprint density at radius 1 is 1.33 bits per heavy atom. The summed E-state index contributed by atoms with van der Waals surface area (Å²) in [6.45, 7) is 3.45. The maximum atomic E-state index is 12.5. The minimum atomic E-state index is -2.32. The van der Waals surface area contributed by atoms with E-state index in [1.54, 1.807) is 27.1 Å². The van der Waals surface area contributed by atoms with Crippen LogP contribution in [0.15, 0.2) is 10.7 Å². The highest BCUT2D eigenvalue weighted by Crippen LogP contribution is 2.37. The molecule has 0 aliphatic carbocycles. The number of urea groups is 1. The van der Waals surface area contributed by atoms with Crippen LogP contribution in [-0.4, -0.2) is 38.1 Å². The molecule has 0 aliphatic heterocycles. The Hall–Kier alpha value is -1.55. The molecule has 0 saturated carbocycles. The van der Waals surface area contributed by atoms with Crippen LogP contribution in [0.4, 0.5) is 10.5 Å². The Labute approximate surface area is 177 Å². The summed E-state index contributed by atoms with van der Waals surface area (Å²) < 4.78 is 4.87. The van der Waals surface area contributed by atoms with Crippen LogP contribution in [0.2, 0.25) is 0 Å². The molecule has 2 rings (SSSR count). The third-order valence-corrected chi connectivity index (χ3v) is 4.95. The highest BCUT2D eigenvalue weighted by molar-refractivity contribution is 9.10. The van der Waals surface area contributed by atoms with Crippen molar-refractivity contribution < 1.29 is 19.1 Å². The van der Waals surface area contributed by atoms with E-state index in [-0.39, 0.29) is 17.9 Å². The summed E-state index contributed by atoms with van der Waals surface area (Å²) in [7, 11) is 1.69. The zero-order valence-corrected chi connectivity index (χ0v) is 18.2. The molecule has 2 aromatic rings. The highest BCUT2D eigenvalue weighted by Gasteiger charge is 2.33. The van der Waals surface area contributed by atoms with Crippen molar-refractivity contribution in [3.8, 4) is 0 Å². The first kappa shape index (κ1) is 21.7. The molecule has 1 aromatic heterocycles. The largest absolute Gasteiger partial charge is 0.462 e. The van der Waals surface area contributed by atoms with Gasteiger partial charge >= 0.3 is 12.0 Å². The first-order chi connectivity index (χ1) is 12.5. The van der Waals surface area contributed by atoms with Crippen LogP contribution in [0.5, 0.6) is 0 Å². The average molecular weight is 501 g/mol. The molecule has 0 spiro atoms. The minimum Gasteiger partial charge on any atom is -0.462 e. The molecular weight excluding hydrogens is 486 g/mol. The molecule has 8 nitrogen and oxygen atoms in total. The number of hydrogen-bond acceptors (Lipinski definition) is 5. The number of fused-ring (bicyclic) bond motifs is 1. The number of ether oxygens (including phenoxy) is 1. The number of nitrogens with one attached hydrogen (secondary N) is 2. The number of carbonyl (C=O) groups excluding carboxylic acids is 3. The fourth-order valence-electron chi connectivity index (χ4n) is 2.33. The number of aryl methyl sites for hydroxylation is 1. The van der Waals surface area contributed by atoms with Crippen LogP contribution in [0.1, 0.15) is 22.8 Å². The van der Waals surface area contributed by atoms with E-state index in [0.717, 1.165) is 0 Å². The number of amides is 3. The Morgan fingerprint density at radius 2 is 1.96 bits per heavy atom. The minimum absolute atomic E-state index is 0.0946. The van der Waals surface area contributed by atoms with Gasteiger partial charge in [0.25, 0.3) is 9.70 Å². The van der Waals surface area contributed by atoms with E-state index in [1.807, 2.05) is 5.32 Å². The van der Waals surface area contributed by atoms with Crippen molar-refractivity contribution in [2.24, 2.45) is 7.05 Å². The SMILES string of the molecule is CCOC(=O)c1c(NC(=O)NC(=O)C(Cl)(Cl)Cl)c(C)c(Br)c2nn(C)cc12. The molecule has 0 atom stereocenters. The summed E-state index contributed by atoms with van der Waals surface area (Å²) in [4.78, 5) is 36.4. The molecular formula is C15H14BrCl3N4O4. The van der Waals surface area contributed by atoms with Crippen LogP contribution in [0.25, 0.3) is 10.9 Å². The lowest BCUT2D eigenvalue weighted by molar-refractivity contribution is -0.119. The topological polar surface area (TPSA) is 102 Å². The van der Waals surface area contributed by atoms with E-state index in [0.29, 0.717) is 20.9 Å². The molecule has 1 heterocycles. The summed E-state index contributed by atoms with van der Waals surface area (Å²) in [6.07, 6.45) is 1.61. The van der Waals surface area contributed by atoms with Crippen molar-refractivity contribution in [2.75, 3.05) is 11.9 Å². The van der Waals surface area contributed by atoms with E-state index in [9.17, 15) is 14.4 Å². The average Bonchev–Trinajstić information content (AvgIpc) is 2.93. The molecule has 1 aromatic carbocycles. The number of halogens is 4. The number of esters is 1. The standard InChI is InChI=1S/C15H14BrCl3N4O4/c1-4-27-12(24)8-7-5-23(3)22-11(7)9(16)6(2)10(8)20-14(26)21-13(25)15(17,18)19/h5H,4H2,1-3H3,(H2,20,21,25,26). The quantitative estimate of drug-likeness (QED) is 0.493. The van der Waals surface area contributed by atoms with E-state index in [2.05, 4.69) is 26.3 Å². The molecule has 12 heteroatoms. The van der Waals surface area contributed by atoms with Gasteiger partial charge in [-0.2, -0.15) is 5.10 Å². The van der Waals surface area contributed by atoms with Gasteiger partial charge in [0.15, 0.2) is 0 Å². The van der Waals surface area contributed by atoms with Crippen molar-refractivity contribution in [1.29, 1.82) is 0 Å². The van der Waals surface area contributed by atoms with Gasteiger partial charge in [0.05, 0.1) is 22.3 Å². The van der Waals surface area contributed by atoms with Gasteiger partial charge in [-0.15, -0.1) is 0 Å². The molecule has 146 valence electrons. The van der Waals surface area contributed by atoms with E-state index < -0.39 is 21.7 Å². The molecule has 0 fully saturated rings. The number of nitrogens with zero attached hydrogens (tertiary/aromatic N) is 2. The van der Waals surface area contributed by atoms with E-state index >= 15 is 0 Å². The zero-order chi connectivity index (χ0) is 20.5. The number of carbonyl (C=O) groups is 3. The molecule has 2 N–H and O–H groups in total. The Bertz CT molecular complexity index is 940. The monoisotopic (exact) mass is 498 g/mol. The van der Waals surface area contributed by atoms with Gasteiger partial charge in [0.1, 0.15) is 5.52 Å². The van der Waals surface area contributed by atoms with Gasteiger partial charge in [-0.1, -0.05) is 34.8 Å². The fourth-order valence-corrected chi connectivity index (χ4v) is 2.97. The number of rotatable bonds is 3. The summed E-state index contributed by atoms with van der Waals surface area (Å²) in [5, 5.41) is 9.10. The molecule has 27 heavy (non-hydrogen) atoms.